The number of rotatable bonds is 9. The van der Waals surface area contributed by atoms with Gasteiger partial charge in [-0.25, -0.2) is 9.59 Å². The molecule has 1 rings (SSSR count). The van der Waals surface area contributed by atoms with E-state index in [2.05, 4.69) is 10.6 Å². The van der Waals surface area contributed by atoms with Gasteiger partial charge in [0.1, 0.15) is 18.7 Å². The number of alkyl carbamates (subject to hydrolysis) is 1. The molecule has 0 aliphatic rings. The second-order valence-corrected chi connectivity index (χ2v) is 5.65. The molecule has 0 aliphatic carbocycles. The zero-order valence-corrected chi connectivity index (χ0v) is 14.3. The van der Waals surface area contributed by atoms with Gasteiger partial charge in [0.05, 0.1) is 6.61 Å². The van der Waals surface area contributed by atoms with E-state index in [1.807, 2.05) is 6.07 Å². The number of carbonyl (C=O) groups excluding carboxylic acids is 2. The van der Waals surface area contributed by atoms with Crippen molar-refractivity contribution >= 4 is 18.0 Å². The highest BCUT2D eigenvalue weighted by Crippen LogP contribution is 2.08. The van der Waals surface area contributed by atoms with E-state index in [0.29, 0.717) is 6.42 Å². The maximum absolute atomic E-state index is 12.1. The fourth-order valence-electron chi connectivity index (χ4n) is 2.04. The average molecular weight is 352 g/mol. The maximum atomic E-state index is 12.1. The summed E-state index contributed by atoms with van der Waals surface area (Å²) in [5.74, 6) is -2.26. The first-order valence-corrected chi connectivity index (χ1v) is 8.00. The smallest absolute Gasteiger partial charge is 0.408 e. The third-order valence-electron chi connectivity index (χ3n) is 3.78. The summed E-state index contributed by atoms with van der Waals surface area (Å²) in [6, 6.07) is 6.55. The van der Waals surface area contributed by atoms with E-state index in [0.717, 1.165) is 5.56 Å². The van der Waals surface area contributed by atoms with Gasteiger partial charge in [0.25, 0.3) is 0 Å². The van der Waals surface area contributed by atoms with Crippen LogP contribution in [0, 0.1) is 5.92 Å². The van der Waals surface area contributed by atoms with Crippen LogP contribution in [0.2, 0.25) is 0 Å². The lowest BCUT2D eigenvalue weighted by molar-refractivity contribution is -0.143. The van der Waals surface area contributed by atoms with E-state index in [1.54, 1.807) is 38.1 Å². The molecule has 1 aromatic rings. The molecule has 0 saturated carbocycles. The summed E-state index contributed by atoms with van der Waals surface area (Å²) in [5, 5.41) is 23.0. The number of carboxylic acids is 1. The summed E-state index contributed by atoms with van der Waals surface area (Å²) in [4.78, 5) is 35.1. The Morgan fingerprint density at radius 3 is 2.32 bits per heavy atom. The number of nitrogens with one attached hydrogen (secondary N) is 2. The first-order valence-electron chi connectivity index (χ1n) is 8.00. The average Bonchev–Trinajstić information content (AvgIpc) is 2.62. The number of aliphatic hydroxyl groups excluding tert-OH is 1. The normalized spacial score (nSPS) is 14.0. The predicted molar refractivity (Wildman–Crippen MR) is 89.7 cm³/mol. The molecule has 0 bridgehead atoms. The SMILES string of the molecule is CC[C@H](C)[C@@H](NC(=O)[C@H](CO)NC(=O)OCc1ccccc1)C(=O)O. The number of hydrogen-bond donors (Lipinski definition) is 4. The minimum atomic E-state index is -1.30. The van der Waals surface area contributed by atoms with Gasteiger partial charge in [-0.1, -0.05) is 50.6 Å². The molecule has 0 unspecified atom stereocenters. The molecule has 25 heavy (non-hydrogen) atoms. The van der Waals surface area contributed by atoms with Crippen LogP contribution < -0.4 is 10.6 Å². The maximum Gasteiger partial charge on any atom is 0.408 e. The molecule has 138 valence electrons. The van der Waals surface area contributed by atoms with Crippen molar-refractivity contribution in [2.75, 3.05) is 6.61 Å². The third-order valence-corrected chi connectivity index (χ3v) is 3.78. The van der Waals surface area contributed by atoms with Crippen molar-refractivity contribution in [1.82, 2.24) is 10.6 Å². The highest BCUT2D eigenvalue weighted by molar-refractivity contribution is 5.89. The topological polar surface area (TPSA) is 125 Å². The Bertz CT molecular complexity index is 578. The van der Waals surface area contributed by atoms with Gasteiger partial charge in [0, 0.05) is 0 Å². The van der Waals surface area contributed by atoms with Crippen molar-refractivity contribution < 1.29 is 29.3 Å². The lowest BCUT2D eigenvalue weighted by atomic mass is 9.99. The van der Waals surface area contributed by atoms with Crippen LogP contribution in [0.4, 0.5) is 4.79 Å². The van der Waals surface area contributed by atoms with Crippen molar-refractivity contribution in [2.45, 2.75) is 39.0 Å². The standard InChI is InChI=1S/C17H24N2O6/c1-3-11(2)14(16(22)23)19-15(21)13(9-20)18-17(24)25-10-12-7-5-4-6-8-12/h4-8,11,13-14,20H,3,9-10H2,1-2H3,(H,18,24)(H,19,21)(H,22,23)/t11-,13-,14+/m0/s1. The highest BCUT2D eigenvalue weighted by atomic mass is 16.5. The van der Waals surface area contributed by atoms with Gasteiger partial charge in [-0.05, 0) is 11.5 Å². The van der Waals surface area contributed by atoms with Crippen LogP contribution in [0.1, 0.15) is 25.8 Å². The number of ether oxygens (including phenoxy) is 1. The van der Waals surface area contributed by atoms with E-state index in [4.69, 9.17) is 4.74 Å². The molecule has 4 N–H and O–H groups in total. The van der Waals surface area contributed by atoms with E-state index in [1.165, 1.54) is 0 Å². The second kappa shape index (κ2) is 10.3. The van der Waals surface area contributed by atoms with E-state index in [9.17, 15) is 24.6 Å². The summed E-state index contributed by atoms with van der Waals surface area (Å²) in [5.41, 5.74) is 0.769. The van der Waals surface area contributed by atoms with Gasteiger partial charge in [-0.3, -0.25) is 4.79 Å². The minimum Gasteiger partial charge on any atom is -0.480 e. The Balaban J connectivity index is 2.57. The van der Waals surface area contributed by atoms with Crippen LogP contribution in [-0.2, 0) is 20.9 Å². The quantitative estimate of drug-likeness (QED) is 0.523. The molecule has 0 radical (unpaired) electrons. The Kier molecular flexibility index (Phi) is 8.42. The summed E-state index contributed by atoms with van der Waals surface area (Å²) in [7, 11) is 0. The first-order chi connectivity index (χ1) is 11.9. The third kappa shape index (κ3) is 6.80. The molecule has 1 aromatic carbocycles. The van der Waals surface area contributed by atoms with E-state index in [-0.39, 0.29) is 12.5 Å². The largest absolute Gasteiger partial charge is 0.480 e. The Labute approximate surface area is 146 Å². The van der Waals surface area contributed by atoms with Gasteiger partial charge in [-0.2, -0.15) is 0 Å². The number of amides is 2. The Morgan fingerprint density at radius 1 is 1.16 bits per heavy atom. The van der Waals surface area contributed by atoms with Crippen molar-refractivity contribution in [2.24, 2.45) is 5.92 Å². The molecule has 0 aromatic heterocycles. The van der Waals surface area contributed by atoms with Gasteiger partial charge < -0.3 is 25.6 Å². The van der Waals surface area contributed by atoms with Gasteiger partial charge in [0.2, 0.25) is 5.91 Å². The molecule has 0 aliphatic heterocycles. The molecule has 0 heterocycles. The number of carboxylic acid groups (broad SMARTS) is 1. The number of aliphatic carboxylic acids is 1. The lowest BCUT2D eigenvalue weighted by Gasteiger charge is -2.23. The Morgan fingerprint density at radius 2 is 1.80 bits per heavy atom. The van der Waals surface area contributed by atoms with Crippen LogP contribution in [0.25, 0.3) is 0 Å². The second-order valence-electron chi connectivity index (χ2n) is 5.65. The summed E-state index contributed by atoms with van der Waals surface area (Å²) in [6.07, 6.45) is -0.332. The Hall–Kier alpha value is -2.61. The molecule has 8 nitrogen and oxygen atoms in total. The molecule has 3 atom stereocenters. The van der Waals surface area contributed by atoms with E-state index < -0.39 is 36.7 Å². The zero-order valence-electron chi connectivity index (χ0n) is 14.3. The number of hydrogen-bond acceptors (Lipinski definition) is 5. The lowest BCUT2D eigenvalue weighted by Crippen LogP contribution is -2.54. The van der Waals surface area contributed by atoms with Gasteiger partial charge in [0.15, 0.2) is 0 Å². The monoisotopic (exact) mass is 352 g/mol. The zero-order chi connectivity index (χ0) is 18.8. The van der Waals surface area contributed by atoms with Crippen molar-refractivity contribution in [1.29, 1.82) is 0 Å². The van der Waals surface area contributed by atoms with Crippen molar-refractivity contribution in [3.63, 3.8) is 0 Å². The van der Waals surface area contributed by atoms with Crippen LogP contribution in [0.15, 0.2) is 30.3 Å². The van der Waals surface area contributed by atoms with Crippen LogP contribution in [-0.4, -0.2) is 46.9 Å². The summed E-state index contributed by atoms with van der Waals surface area (Å²) < 4.78 is 4.97. The minimum absolute atomic E-state index is 0.0110. The molecule has 8 heteroatoms. The molecule has 2 amide bonds. The van der Waals surface area contributed by atoms with Crippen LogP contribution >= 0.6 is 0 Å². The van der Waals surface area contributed by atoms with Crippen molar-refractivity contribution in [3.05, 3.63) is 35.9 Å². The molecule has 0 spiro atoms. The number of carbonyl (C=O) groups is 3. The fourth-order valence-corrected chi connectivity index (χ4v) is 2.04. The predicted octanol–water partition coefficient (Wildman–Crippen LogP) is 0.889. The van der Waals surface area contributed by atoms with Crippen molar-refractivity contribution in [3.8, 4) is 0 Å². The summed E-state index contributed by atoms with van der Waals surface area (Å²) >= 11 is 0. The number of aliphatic hydroxyl groups is 1. The molecule has 0 fully saturated rings. The van der Waals surface area contributed by atoms with E-state index >= 15 is 0 Å². The van der Waals surface area contributed by atoms with Gasteiger partial charge in [-0.15, -0.1) is 0 Å². The molecule has 0 saturated heterocycles. The molecular formula is C17H24N2O6. The van der Waals surface area contributed by atoms with Gasteiger partial charge >= 0.3 is 12.1 Å². The fraction of sp³-hybridized carbons (Fsp3) is 0.471. The summed E-state index contributed by atoms with van der Waals surface area (Å²) in [6.45, 7) is 2.82. The number of benzene rings is 1. The first kappa shape index (κ1) is 20.4. The highest BCUT2D eigenvalue weighted by Gasteiger charge is 2.29. The molecular weight excluding hydrogens is 328 g/mol. The van der Waals surface area contributed by atoms with Crippen LogP contribution in [0.3, 0.4) is 0 Å². The van der Waals surface area contributed by atoms with Crippen LogP contribution in [0.5, 0.6) is 0 Å².